The van der Waals surface area contributed by atoms with Gasteiger partial charge in [-0.25, -0.2) is 4.98 Å². The van der Waals surface area contributed by atoms with Crippen molar-refractivity contribution >= 4 is 11.8 Å². The zero-order valence-corrected chi connectivity index (χ0v) is 16.1. The van der Waals surface area contributed by atoms with Crippen molar-refractivity contribution in [1.82, 2.24) is 19.7 Å². The Balaban J connectivity index is 1.56. The maximum atomic E-state index is 12.7. The number of nitrogens with zero attached hydrogens (tertiary/aromatic N) is 4. The third-order valence-corrected chi connectivity index (χ3v) is 5.25. The molecule has 3 rings (SSSR count). The summed E-state index contributed by atoms with van der Waals surface area (Å²) in [6.07, 6.45) is 2.34. The van der Waals surface area contributed by atoms with Gasteiger partial charge in [0.05, 0.1) is 31.9 Å². The summed E-state index contributed by atoms with van der Waals surface area (Å²) in [5, 5.41) is 0. The second kappa shape index (κ2) is 9.14. The molecule has 1 atom stereocenters. The van der Waals surface area contributed by atoms with Gasteiger partial charge in [0.25, 0.3) is 5.91 Å². The number of rotatable bonds is 6. The van der Waals surface area contributed by atoms with Crippen molar-refractivity contribution in [2.75, 3.05) is 59.6 Å². The molecule has 1 aromatic rings. The molecular weight excluding hydrogens is 348 g/mol. The van der Waals surface area contributed by atoms with Gasteiger partial charge in [-0.2, -0.15) is 0 Å². The second-order valence-electron chi connectivity index (χ2n) is 6.95. The molecule has 8 nitrogen and oxygen atoms in total. The van der Waals surface area contributed by atoms with Crippen LogP contribution in [-0.2, 0) is 9.53 Å². The number of hydrogen-bond acceptors (Lipinski definition) is 6. The standard InChI is InChI=1S/C19H28N4O4/c1-15(24)23(8-7-21-9-11-27-12-10-21)17-5-6-22(14-17)19(25)16-3-4-18(26-2)20-13-16/h3-4,13,17H,5-12,14H2,1-2H3. The van der Waals surface area contributed by atoms with E-state index in [4.69, 9.17) is 9.47 Å². The van der Waals surface area contributed by atoms with Gasteiger partial charge in [-0.15, -0.1) is 0 Å². The summed E-state index contributed by atoms with van der Waals surface area (Å²) in [5.74, 6) is 0.495. The third kappa shape index (κ3) is 4.95. The number of likely N-dealkylation sites (tertiary alicyclic amines) is 1. The lowest BCUT2D eigenvalue weighted by atomic mass is 10.2. The molecule has 2 aliphatic heterocycles. The fourth-order valence-corrected chi connectivity index (χ4v) is 3.66. The van der Waals surface area contributed by atoms with Crippen molar-refractivity contribution in [1.29, 1.82) is 0 Å². The van der Waals surface area contributed by atoms with E-state index in [0.29, 0.717) is 31.1 Å². The van der Waals surface area contributed by atoms with E-state index < -0.39 is 0 Å². The largest absolute Gasteiger partial charge is 0.481 e. The van der Waals surface area contributed by atoms with Gasteiger partial charge in [0.2, 0.25) is 11.8 Å². The van der Waals surface area contributed by atoms with E-state index in [0.717, 1.165) is 39.3 Å². The van der Waals surface area contributed by atoms with Crippen molar-refractivity contribution in [3.8, 4) is 5.88 Å². The van der Waals surface area contributed by atoms with Crippen LogP contribution in [0.15, 0.2) is 18.3 Å². The van der Waals surface area contributed by atoms with Crippen LogP contribution in [0, 0.1) is 0 Å². The summed E-state index contributed by atoms with van der Waals surface area (Å²) in [5.41, 5.74) is 0.541. The van der Waals surface area contributed by atoms with Crippen LogP contribution < -0.4 is 4.74 Å². The number of methoxy groups -OCH3 is 1. The normalized spacial score (nSPS) is 20.5. The molecule has 2 saturated heterocycles. The van der Waals surface area contributed by atoms with E-state index >= 15 is 0 Å². The fraction of sp³-hybridized carbons (Fsp3) is 0.632. The highest BCUT2D eigenvalue weighted by molar-refractivity contribution is 5.94. The molecule has 0 radical (unpaired) electrons. The molecule has 0 bridgehead atoms. The predicted molar refractivity (Wildman–Crippen MR) is 99.7 cm³/mol. The number of morpholine rings is 1. The minimum Gasteiger partial charge on any atom is -0.481 e. The molecule has 0 aromatic carbocycles. The number of hydrogen-bond donors (Lipinski definition) is 0. The second-order valence-corrected chi connectivity index (χ2v) is 6.95. The Bertz CT molecular complexity index is 646. The van der Waals surface area contributed by atoms with Crippen LogP contribution in [0.2, 0.25) is 0 Å². The molecule has 2 fully saturated rings. The quantitative estimate of drug-likeness (QED) is 0.719. The van der Waals surface area contributed by atoms with Gasteiger partial charge in [-0.1, -0.05) is 0 Å². The summed E-state index contributed by atoms with van der Waals surface area (Å²) < 4.78 is 10.4. The molecule has 1 unspecified atom stereocenters. The topological polar surface area (TPSA) is 75.2 Å². The first-order valence-corrected chi connectivity index (χ1v) is 9.45. The Kier molecular flexibility index (Phi) is 6.63. The molecule has 1 aromatic heterocycles. The number of carbonyl (C=O) groups is 2. The molecule has 27 heavy (non-hydrogen) atoms. The Morgan fingerprint density at radius 1 is 1.30 bits per heavy atom. The highest BCUT2D eigenvalue weighted by atomic mass is 16.5. The number of carbonyl (C=O) groups excluding carboxylic acids is 2. The van der Waals surface area contributed by atoms with Gasteiger partial charge in [-0.05, 0) is 12.5 Å². The van der Waals surface area contributed by atoms with Crippen molar-refractivity contribution in [2.24, 2.45) is 0 Å². The zero-order valence-electron chi connectivity index (χ0n) is 16.1. The third-order valence-electron chi connectivity index (χ3n) is 5.25. The van der Waals surface area contributed by atoms with Crippen LogP contribution in [0.25, 0.3) is 0 Å². The number of pyridine rings is 1. The smallest absolute Gasteiger partial charge is 0.255 e. The van der Waals surface area contributed by atoms with E-state index in [2.05, 4.69) is 9.88 Å². The van der Waals surface area contributed by atoms with Crippen LogP contribution in [0.3, 0.4) is 0 Å². The first-order chi connectivity index (χ1) is 13.1. The Morgan fingerprint density at radius 3 is 2.70 bits per heavy atom. The van der Waals surface area contributed by atoms with Crippen molar-refractivity contribution in [3.63, 3.8) is 0 Å². The summed E-state index contributed by atoms with van der Waals surface area (Å²) in [6, 6.07) is 3.48. The minimum absolute atomic E-state index is 0.0515. The maximum absolute atomic E-state index is 12.7. The molecule has 3 heterocycles. The maximum Gasteiger partial charge on any atom is 0.255 e. The average molecular weight is 376 g/mol. The molecule has 148 valence electrons. The van der Waals surface area contributed by atoms with Crippen LogP contribution in [0.4, 0.5) is 0 Å². The predicted octanol–water partition coefficient (Wildman–Crippen LogP) is 0.485. The molecule has 8 heteroatoms. The van der Waals surface area contributed by atoms with Crippen molar-refractivity contribution in [2.45, 2.75) is 19.4 Å². The van der Waals surface area contributed by atoms with Gasteiger partial charge in [0.1, 0.15) is 0 Å². The van der Waals surface area contributed by atoms with Crippen LogP contribution in [-0.4, -0.2) is 97.1 Å². The van der Waals surface area contributed by atoms with Crippen LogP contribution in [0.5, 0.6) is 5.88 Å². The lowest BCUT2D eigenvalue weighted by molar-refractivity contribution is -0.131. The van der Waals surface area contributed by atoms with Gasteiger partial charge < -0.3 is 19.3 Å². The van der Waals surface area contributed by atoms with Gasteiger partial charge in [-0.3, -0.25) is 14.5 Å². The van der Waals surface area contributed by atoms with Crippen LogP contribution >= 0.6 is 0 Å². The van der Waals surface area contributed by atoms with Crippen molar-refractivity contribution in [3.05, 3.63) is 23.9 Å². The molecule has 2 aliphatic rings. The molecule has 0 aliphatic carbocycles. The summed E-state index contributed by atoms with van der Waals surface area (Å²) in [6.45, 7) is 7.67. The van der Waals surface area contributed by atoms with E-state index in [1.807, 2.05) is 4.90 Å². The molecule has 0 saturated carbocycles. The Hall–Kier alpha value is -2.19. The lowest BCUT2D eigenvalue weighted by Crippen LogP contribution is -2.47. The summed E-state index contributed by atoms with van der Waals surface area (Å²) >= 11 is 0. The number of amides is 2. The minimum atomic E-state index is -0.0515. The van der Waals surface area contributed by atoms with Gasteiger partial charge in [0, 0.05) is 58.5 Å². The van der Waals surface area contributed by atoms with E-state index in [1.54, 1.807) is 31.1 Å². The molecule has 0 spiro atoms. The van der Waals surface area contributed by atoms with Gasteiger partial charge in [0.15, 0.2) is 0 Å². The summed E-state index contributed by atoms with van der Waals surface area (Å²) in [7, 11) is 1.54. The van der Waals surface area contributed by atoms with E-state index in [9.17, 15) is 9.59 Å². The monoisotopic (exact) mass is 376 g/mol. The number of ether oxygens (including phenoxy) is 2. The molecule has 0 N–H and O–H groups in total. The average Bonchev–Trinajstić information content (AvgIpc) is 3.18. The first-order valence-electron chi connectivity index (χ1n) is 9.45. The van der Waals surface area contributed by atoms with Crippen LogP contribution in [0.1, 0.15) is 23.7 Å². The first kappa shape index (κ1) is 19.6. The van der Waals surface area contributed by atoms with E-state index in [-0.39, 0.29) is 17.9 Å². The fourth-order valence-electron chi connectivity index (χ4n) is 3.66. The van der Waals surface area contributed by atoms with E-state index in [1.165, 1.54) is 6.20 Å². The zero-order chi connectivity index (χ0) is 19.2. The SMILES string of the molecule is COc1ccc(C(=O)N2CCC(N(CCN3CCOCC3)C(C)=O)C2)cn1. The van der Waals surface area contributed by atoms with Gasteiger partial charge >= 0.3 is 0 Å². The summed E-state index contributed by atoms with van der Waals surface area (Å²) in [4.78, 5) is 35.0. The highest BCUT2D eigenvalue weighted by Gasteiger charge is 2.32. The Morgan fingerprint density at radius 2 is 2.07 bits per heavy atom. The highest BCUT2D eigenvalue weighted by Crippen LogP contribution is 2.19. The van der Waals surface area contributed by atoms with Crippen molar-refractivity contribution < 1.29 is 19.1 Å². The lowest BCUT2D eigenvalue weighted by Gasteiger charge is -2.32. The molecule has 2 amide bonds. The number of aromatic nitrogens is 1. The molecular formula is C19H28N4O4. The Labute approximate surface area is 160 Å².